The van der Waals surface area contributed by atoms with Crippen molar-refractivity contribution in [1.82, 2.24) is 4.90 Å². The topological polar surface area (TPSA) is 21.7 Å². The molecule has 0 aliphatic carbocycles. The molecule has 3 nitrogen and oxygen atoms in total. The fourth-order valence-electron chi connectivity index (χ4n) is 3.00. The summed E-state index contributed by atoms with van der Waals surface area (Å²) in [5.41, 5.74) is 0.240. The van der Waals surface area contributed by atoms with Gasteiger partial charge in [-0.1, -0.05) is 0 Å². The van der Waals surface area contributed by atoms with E-state index in [-0.39, 0.29) is 11.3 Å². The van der Waals surface area contributed by atoms with Crippen molar-refractivity contribution < 1.29 is 9.47 Å². The third kappa shape index (κ3) is 2.41. The zero-order valence-corrected chi connectivity index (χ0v) is 11.1. The highest BCUT2D eigenvalue weighted by Crippen LogP contribution is 2.35. The van der Waals surface area contributed by atoms with Gasteiger partial charge < -0.3 is 9.47 Å². The lowest BCUT2D eigenvalue weighted by Gasteiger charge is -2.39. The Hall–Kier alpha value is -0.120. The van der Waals surface area contributed by atoms with E-state index in [1.807, 2.05) is 0 Å². The summed E-state index contributed by atoms with van der Waals surface area (Å²) in [6.45, 7) is 11.8. The van der Waals surface area contributed by atoms with Crippen LogP contribution in [0.1, 0.15) is 47.0 Å². The number of rotatable bonds is 0. The van der Waals surface area contributed by atoms with Crippen molar-refractivity contribution in [1.29, 1.82) is 0 Å². The average molecular weight is 227 g/mol. The van der Waals surface area contributed by atoms with Crippen molar-refractivity contribution in [2.45, 2.75) is 64.3 Å². The van der Waals surface area contributed by atoms with Crippen LogP contribution in [0.3, 0.4) is 0 Å². The number of hydrogen-bond donors (Lipinski definition) is 0. The summed E-state index contributed by atoms with van der Waals surface area (Å²) < 4.78 is 11.6. The third-order valence-electron chi connectivity index (χ3n) is 3.88. The average Bonchev–Trinajstić information content (AvgIpc) is 2.55. The van der Waals surface area contributed by atoms with E-state index in [1.165, 1.54) is 0 Å². The highest BCUT2D eigenvalue weighted by atomic mass is 16.7. The van der Waals surface area contributed by atoms with Crippen molar-refractivity contribution in [2.24, 2.45) is 0 Å². The molecule has 0 amide bonds. The fraction of sp³-hybridized carbons (Fsp3) is 1.00. The Labute approximate surface area is 99.1 Å². The Bertz CT molecular complexity index is 241. The third-order valence-corrected chi connectivity index (χ3v) is 3.88. The summed E-state index contributed by atoms with van der Waals surface area (Å²) in [7, 11) is 0. The van der Waals surface area contributed by atoms with E-state index in [0.717, 1.165) is 39.0 Å². The van der Waals surface area contributed by atoms with Gasteiger partial charge in [0, 0.05) is 31.0 Å². The lowest BCUT2D eigenvalue weighted by molar-refractivity contribution is -0.164. The van der Waals surface area contributed by atoms with Crippen LogP contribution < -0.4 is 0 Å². The summed E-state index contributed by atoms with van der Waals surface area (Å²) in [5.74, 6) is -0.256. The summed E-state index contributed by atoms with van der Waals surface area (Å²) in [6, 6.07) is 0.618. The summed E-state index contributed by atoms with van der Waals surface area (Å²) in [4.78, 5) is 2.58. The van der Waals surface area contributed by atoms with Crippen molar-refractivity contribution in [3.05, 3.63) is 0 Å². The van der Waals surface area contributed by atoms with Crippen LogP contribution >= 0.6 is 0 Å². The fourth-order valence-corrected chi connectivity index (χ4v) is 3.00. The van der Waals surface area contributed by atoms with Gasteiger partial charge in [-0.25, -0.2) is 0 Å². The maximum atomic E-state index is 5.82. The second kappa shape index (κ2) is 4.28. The predicted octanol–water partition coefficient (Wildman–Crippen LogP) is 2.40. The van der Waals surface area contributed by atoms with E-state index in [1.54, 1.807) is 0 Å². The minimum Gasteiger partial charge on any atom is -0.347 e. The van der Waals surface area contributed by atoms with Gasteiger partial charge in [0.2, 0.25) is 0 Å². The lowest BCUT2D eigenvalue weighted by Crippen LogP contribution is -2.47. The standard InChI is InChI=1S/C13H25NO2/c1-11-5-6-13(15-9-10-16-13)7-8-14(11)12(2,3)4/h11H,5-10H2,1-4H3. The second-order valence-electron chi connectivity index (χ2n) is 6.11. The molecule has 16 heavy (non-hydrogen) atoms. The molecule has 0 radical (unpaired) electrons. The first kappa shape index (κ1) is 12.3. The van der Waals surface area contributed by atoms with E-state index in [9.17, 15) is 0 Å². The van der Waals surface area contributed by atoms with Gasteiger partial charge in [0.05, 0.1) is 13.2 Å². The zero-order chi connectivity index (χ0) is 11.8. The largest absolute Gasteiger partial charge is 0.347 e. The van der Waals surface area contributed by atoms with Crippen LogP contribution in [-0.4, -0.2) is 42.0 Å². The molecule has 0 saturated carbocycles. The van der Waals surface area contributed by atoms with Crippen LogP contribution in [-0.2, 0) is 9.47 Å². The zero-order valence-electron chi connectivity index (χ0n) is 11.1. The first-order valence-corrected chi connectivity index (χ1v) is 6.48. The van der Waals surface area contributed by atoms with E-state index in [2.05, 4.69) is 32.6 Å². The molecule has 0 N–H and O–H groups in total. The second-order valence-corrected chi connectivity index (χ2v) is 6.11. The predicted molar refractivity (Wildman–Crippen MR) is 64.4 cm³/mol. The minimum absolute atomic E-state index is 0.240. The molecule has 2 aliphatic heterocycles. The Kier molecular flexibility index (Phi) is 3.30. The molecule has 0 aromatic rings. The SMILES string of the molecule is CC1CCC2(CCN1C(C)(C)C)OCCO2. The van der Waals surface area contributed by atoms with Crippen LogP contribution in [0, 0.1) is 0 Å². The highest BCUT2D eigenvalue weighted by molar-refractivity contribution is 4.89. The van der Waals surface area contributed by atoms with Crippen molar-refractivity contribution in [2.75, 3.05) is 19.8 Å². The van der Waals surface area contributed by atoms with E-state index in [0.29, 0.717) is 6.04 Å². The van der Waals surface area contributed by atoms with Crippen LogP contribution in [0.4, 0.5) is 0 Å². The Morgan fingerprint density at radius 2 is 1.75 bits per heavy atom. The van der Waals surface area contributed by atoms with Gasteiger partial charge in [-0.05, 0) is 34.1 Å². The molecule has 2 aliphatic rings. The minimum atomic E-state index is -0.256. The Balaban J connectivity index is 2.06. The summed E-state index contributed by atoms with van der Waals surface area (Å²) in [6.07, 6.45) is 3.21. The number of ether oxygens (including phenoxy) is 2. The van der Waals surface area contributed by atoms with Crippen molar-refractivity contribution in [3.8, 4) is 0 Å². The van der Waals surface area contributed by atoms with Gasteiger partial charge in [-0.2, -0.15) is 0 Å². The van der Waals surface area contributed by atoms with Crippen molar-refractivity contribution in [3.63, 3.8) is 0 Å². The Morgan fingerprint density at radius 3 is 2.31 bits per heavy atom. The molecule has 1 atom stereocenters. The van der Waals surface area contributed by atoms with Gasteiger partial charge in [0.25, 0.3) is 0 Å². The van der Waals surface area contributed by atoms with Gasteiger partial charge in [0.1, 0.15) is 0 Å². The molecular formula is C13H25NO2. The molecule has 2 rings (SSSR count). The van der Waals surface area contributed by atoms with Crippen molar-refractivity contribution >= 4 is 0 Å². The first-order valence-electron chi connectivity index (χ1n) is 6.48. The quantitative estimate of drug-likeness (QED) is 0.634. The van der Waals surface area contributed by atoms with Crippen LogP contribution in [0.5, 0.6) is 0 Å². The Morgan fingerprint density at radius 1 is 1.12 bits per heavy atom. The van der Waals surface area contributed by atoms with Gasteiger partial charge in [-0.3, -0.25) is 4.90 Å². The molecular weight excluding hydrogens is 202 g/mol. The molecule has 0 bridgehead atoms. The van der Waals surface area contributed by atoms with Crippen LogP contribution in [0.25, 0.3) is 0 Å². The smallest absolute Gasteiger partial charge is 0.169 e. The van der Waals surface area contributed by atoms with E-state index >= 15 is 0 Å². The molecule has 2 fully saturated rings. The number of nitrogens with zero attached hydrogens (tertiary/aromatic N) is 1. The van der Waals surface area contributed by atoms with Gasteiger partial charge in [0.15, 0.2) is 5.79 Å². The highest BCUT2D eigenvalue weighted by Gasteiger charge is 2.41. The summed E-state index contributed by atoms with van der Waals surface area (Å²) in [5, 5.41) is 0. The lowest BCUT2D eigenvalue weighted by atomic mass is 10.0. The molecule has 0 aromatic carbocycles. The molecule has 2 heterocycles. The summed E-state index contributed by atoms with van der Waals surface area (Å²) >= 11 is 0. The monoisotopic (exact) mass is 227 g/mol. The van der Waals surface area contributed by atoms with Crippen LogP contribution in [0.2, 0.25) is 0 Å². The molecule has 1 spiro atoms. The van der Waals surface area contributed by atoms with Crippen LogP contribution in [0.15, 0.2) is 0 Å². The number of likely N-dealkylation sites (tertiary alicyclic amines) is 1. The molecule has 3 heteroatoms. The molecule has 1 unspecified atom stereocenters. The first-order chi connectivity index (χ1) is 7.43. The molecule has 94 valence electrons. The van der Waals surface area contributed by atoms with Gasteiger partial charge in [-0.15, -0.1) is 0 Å². The molecule has 2 saturated heterocycles. The molecule has 0 aromatic heterocycles. The van der Waals surface area contributed by atoms with E-state index < -0.39 is 0 Å². The maximum Gasteiger partial charge on any atom is 0.169 e. The maximum absolute atomic E-state index is 5.82. The van der Waals surface area contributed by atoms with Gasteiger partial charge >= 0.3 is 0 Å². The van der Waals surface area contributed by atoms with E-state index in [4.69, 9.17) is 9.47 Å². The normalized spacial score (nSPS) is 31.9. The number of hydrogen-bond acceptors (Lipinski definition) is 3.